The number of nitrogens with one attached hydrogen (secondary N) is 4. The second-order valence-electron chi connectivity index (χ2n) is 29.2. The van der Waals surface area contributed by atoms with Gasteiger partial charge < -0.3 is 19.6 Å². The molecule has 0 unspecified atom stereocenters. The highest BCUT2D eigenvalue weighted by Crippen LogP contribution is 2.41. The van der Waals surface area contributed by atoms with E-state index in [4.69, 9.17) is 96.2 Å². The van der Waals surface area contributed by atoms with Crippen LogP contribution in [0.5, 0.6) is 0 Å². The number of H-pyrrole nitrogens is 4. The van der Waals surface area contributed by atoms with Crippen LogP contribution in [0, 0.1) is 27.5 Å². The summed E-state index contributed by atoms with van der Waals surface area (Å²) in [7, 11) is 0. The predicted octanol–water partition coefficient (Wildman–Crippen LogP) is 20.5. The maximum Gasteiger partial charge on any atom is 0.202 e. The van der Waals surface area contributed by atoms with Crippen molar-refractivity contribution in [1.29, 1.82) is 0 Å². The number of benzene rings is 4. The van der Waals surface area contributed by atoms with E-state index < -0.39 is 5.82 Å². The molecule has 20 nitrogen and oxygen atoms in total. The molecule has 0 spiro atoms. The van der Waals surface area contributed by atoms with Crippen molar-refractivity contribution in [2.24, 2.45) is 21.7 Å². The van der Waals surface area contributed by atoms with Crippen LogP contribution in [-0.2, 0) is 0 Å². The summed E-state index contributed by atoms with van der Waals surface area (Å²) in [5.41, 5.74) is 13.3. The molecule has 0 radical (unpaired) electrons. The molecule has 538 valence electrons. The smallest absolute Gasteiger partial charge is 0.202 e. The molecule has 4 aliphatic rings. The van der Waals surface area contributed by atoms with E-state index in [1.807, 2.05) is 55.0 Å². The third-order valence-electron chi connectivity index (χ3n) is 21.6. The molecule has 0 bridgehead atoms. The molecule has 0 saturated carbocycles. The van der Waals surface area contributed by atoms with E-state index in [1.54, 1.807) is 36.5 Å². The largest absolute Gasteiger partial charge is 0.355 e. The summed E-state index contributed by atoms with van der Waals surface area (Å²) in [6.07, 6.45) is 20.3. The number of nitrogens with zero attached hydrogens (tertiary/aromatic N) is 16. The van der Waals surface area contributed by atoms with E-state index in [2.05, 4.69) is 141 Å². The Bertz CT molecular complexity index is 4810. The Morgan fingerprint density at radius 3 is 0.922 bits per heavy atom. The molecule has 4 fully saturated rings. The number of hydrogen-bond donors (Lipinski definition) is 4. The molecular weight excluding hydrogens is 1450 g/mol. The van der Waals surface area contributed by atoms with Crippen molar-refractivity contribution in [3.8, 4) is 45.0 Å². The lowest BCUT2D eigenvalue weighted by Gasteiger charge is -2.39. The summed E-state index contributed by atoms with van der Waals surface area (Å²) in [5.74, 6) is 3.06. The lowest BCUT2D eigenvalue weighted by Crippen LogP contribution is -2.38. The van der Waals surface area contributed by atoms with Crippen LogP contribution in [-0.4, -0.2) is 133 Å². The minimum Gasteiger partial charge on any atom is -0.355 e. The molecule has 0 amide bonds. The second kappa shape index (κ2) is 30.7. The standard InChI is InChI=1S/2C19H21Cl2N5.C19H21ClFN5.C18H19Cl2N5/c1-3-19(2)4-6-26(7-5-19)15-11-22-17-16(24-25-18(17)23-15)12-8-13(20)10-14(21)9-12;1-3-19(2)6-8-26(9-7-19)15-11-22-17-16(24-25-18(17)23-15)12-4-5-13(20)14(21)10-12;1-3-19(2)6-8-26(9-7-19)15-11-22-17-16(24-25-18(17)23-15)12-4-5-14(21)13(20)10-12;1-18(2)3-5-25(6-4-18)14-10-21-16-15(23-24-17(16)22-14)11-7-12(19)9-13(20)8-11/h8-11H,3-7H2,1-2H3,(H,23,24,25);2*4-5,10-11H,3,6-9H2,1-2H3,(H,23,24,25);7-10H,3-6H2,1-2H3,(H,22,23,24). The summed E-state index contributed by atoms with van der Waals surface area (Å²) < 4.78 is 13.4. The van der Waals surface area contributed by atoms with Gasteiger partial charge in [-0.15, -0.1) is 0 Å². The number of aromatic amines is 4. The Labute approximate surface area is 633 Å². The minimum absolute atomic E-state index is 0.0714. The number of piperidine rings is 4. The van der Waals surface area contributed by atoms with Gasteiger partial charge in [0.05, 0.1) is 62.6 Å². The zero-order chi connectivity index (χ0) is 72.5. The second-order valence-corrected chi connectivity index (χ2v) is 32.1. The lowest BCUT2D eigenvalue weighted by molar-refractivity contribution is 0.237. The van der Waals surface area contributed by atoms with Gasteiger partial charge in [-0.25, -0.2) is 44.3 Å². The molecule has 12 aromatic rings. The molecule has 8 aromatic heterocycles. The minimum atomic E-state index is -0.447. The van der Waals surface area contributed by atoms with E-state index in [0.717, 1.165) is 157 Å². The first-order chi connectivity index (χ1) is 49.4. The molecule has 0 atom stereocenters. The molecule has 4 aliphatic heterocycles. The summed E-state index contributed by atoms with van der Waals surface area (Å²) in [4.78, 5) is 46.4. The highest BCUT2D eigenvalue weighted by molar-refractivity contribution is 6.42. The zero-order valence-electron chi connectivity index (χ0n) is 58.9. The van der Waals surface area contributed by atoms with E-state index in [1.165, 1.54) is 51.0 Å². The van der Waals surface area contributed by atoms with Crippen LogP contribution in [0.2, 0.25) is 35.2 Å². The summed E-state index contributed by atoms with van der Waals surface area (Å²) in [6, 6.07) is 20.8. The Hall–Kier alpha value is -7.76. The SMILES string of the molecule is CC1(C)CCN(c2cnc3c(-c4cc(Cl)cc(Cl)c4)[nH]nc3n2)CC1.CCC1(C)CCN(c2cnc3c(-c4cc(Cl)cc(Cl)c4)[nH]nc3n2)CC1.CCC1(C)CCN(c2cnc3c(-c4ccc(Cl)c(Cl)c4)[nH]nc3n2)CC1.CCC1(C)CCN(c2cnc3c(-c4ccc(F)c(Cl)c4)[nH]nc3n2)CC1. The van der Waals surface area contributed by atoms with Crippen molar-refractivity contribution in [3.05, 3.63) is 139 Å². The average Bonchev–Trinajstić information content (AvgIpc) is 1.68. The quantitative estimate of drug-likeness (QED) is 0.0943. The Morgan fingerprint density at radius 1 is 0.350 bits per heavy atom. The highest BCUT2D eigenvalue weighted by Gasteiger charge is 2.33. The van der Waals surface area contributed by atoms with Gasteiger partial charge in [-0.1, -0.05) is 162 Å². The maximum atomic E-state index is 13.4. The van der Waals surface area contributed by atoms with E-state index >= 15 is 0 Å². The van der Waals surface area contributed by atoms with Gasteiger partial charge in [0.2, 0.25) is 22.6 Å². The Kier molecular flexibility index (Phi) is 22.0. The van der Waals surface area contributed by atoms with Crippen molar-refractivity contribution in [2.75, 3.05) is 72.0 Å². The number of halogens is 8. The summed E-state index contributed by atoms with van der Waals surface area (Å²) in [5, 5.41) is 32.7. The van der Waals surface area contributed by atoms with Crippen molar-refractivity contribution < 1.29 is 4.39 Å². The fourth-order valence-corrected chi connectivity index (χ4v) is 15.0. The molecular formula is C75H82Cl7FN20. The average molecular weight is 1530 g/mol. The van der Waals surface area contributed by atoms with Crippen LogP contribution in [0.25, 0.3) is 89.7 Å². The fourth-order valence-electron chi connectivity index (χ4n) is 13.5. The van der Waals surface area contributed by atoms with Crippen molar-refractivity contribution in [2.45, 2.75) is 126 Å². The van der Waals surface area contributed by atoms with Crippen LogP contribution in [0.4, 0.5) is 27.7 Å². The third kappa shape index (κ3) is 16.7. The lowest BCUT2D eigenvalue weighted by atomic mass is 9.78. The van der Waals surface area contributed by atoms with Gasteiger partial charge in [-0.3, -0.25) is 20.4 Å². The fraction of sp³-hybridized carbons (Fsp3) is 0.413. The summed E-state index contributed by atoms with van der Waals surface area (Å²) >= 11 is 42.5. The number of aromatic nitrogens is 16. The molecule has 4 N–H and O–H groups in total. The molecule has 4 saturated heterocycles. The molecule has 28 heteroatoms. The van der Waals surface area contributed by atoms with Gasteiger partial charge in [0.1, 0.15) is 51.2 Å². The molecule has 12 heterocycles. The Morgan fingerprint density at radius 2 is 0.631 bits per heavy atom. The highest BCUT2D eigenvalue weighted by atomic mass is 35.5. The van der Waals surface area contributed by atoms with Crippen LogP contribution in [0.3, 0.4) is 0 Å². The number of anilines is 4. The van der Waals surface area contributed by atoms with Gasteiger partial charge >= 0.3 is 0 Å². The number of hydrogen-bond acceptors (Lipinski definition) is 16. The van der Waals surface area contributed by atoms with Gasteiger partial charge in [0, 0.05) is 94.7 Å². The van der Waals surface area contributed by atoms with Crippen molar-refractivity contribution >= 4 is 149 Å². The molecule has 103 heavy (non-hydrogen) atoms. The predicted molar refractivity (Wildman–Crippen MR) is 418 cm³/mol. The first-order valence-corrected chi connectivity index (χ1v) is 37.7. The number of rotatable bonds is 11. The topological polar surface area (TPSA) is 231 Å². The van der Waals surface area contributed by atoms with E-state index in [-0.39, 0.29) is 5.02 Å². The first-order valence-electron chi connectivity index (χ1n) is 35.0. The molecule has 0 aliphatic carbocycles. The van der Waals surface area contributed by atoms with E-state index in [9.17, 15) is 4.39 Å². The van der Waals surface area contributed by atoms with E-state index in [0.29, 0.717) is 85.6 Å². The van der Waals surface area contributed by atoms with Gasteiger partial charge in [0.15, 0.2) is 0 Å². The van der Waals surface area contributed by atoms with Gasteiger partial charge in [-0.2, -0.15) is 20.4 Å². The Balaban J connectivity index is 0.000000122. The molecule has 4 aromatic carbocycles. The van der Waals surface area contributed by atoms with Crippen LogP contribution in [0.15, 0.2) is 97.6 Å². The van der Waals surface area contributed by atoms with Gasteiger partial charge in [-0.05, 0) is 140 Å². The number of fused-ring (bicyclic) bond motifs is 4. The van der Waals surface area contributed by atoms with Crippen molar-refractivity contribution in [3.63, 3.8) is 0 Å². The first kappa shape index (κ1) is 73.5. The monoisotopic (exact) mass is 1530 g/mol. The molecule has 16 rings (SSSR count). The van der Waals surface area contributed by atoms with Crippen molar-refractivity contribution in [1.82, 2.24) is 80.7 Å². The van der Waals surface area contributed by atoms with Crippen LogP contribution in [0.1, 0.15) is 126 Å². The normalized spacial score (nSPS) is 17.0. The van der Waals surface area contributed by atoms with Crippen LogP contribution < -0.4 is 19.6 Å². The third-order valence-corrected chi connectivity index (χ3v) is 23.5. The summed E-state index contributed by atoms with van der Waals surface area (Å²) in [6.45, 7) is 26.5. The zero-order valence-corrected chi connectivity index (χ0v) is 64.1. The van der Waals surface area contributed by atoms with Gasteiger partial charge in [0.25, 0.3) is 0 Å². The maximum absolute atomic E-state index is 13.4. The van der Waals surface area contributed by atoms with Crippen LogP contribution >= 0.6 is 81.2 Å².